The van der Waals surface area contributed by atoms with Gasteiger partial charge in [0.15, 0.2) is 0 Å². The van der Waals surface area contributed by atoms with E-state index in [4.69, 9.17) is 5.73 Å². The third kappa shape index (κ3) is 8.18. The van der Waals surface area contributed by atoms with Crippen molar-refractivity contribution in [2.45, 2.75) is 56.7 Å². The molecule has 0 spiro atoms. The third-order valence-electron chi connectivity index (χ3n) is 6.35. The van der Waals surface area contributed by atoms with Gasteiger partial charge in [0, 0.05) is 41.7 Å². The average Bonchev–Trinajstić information content (AvgIpc) is 3.64. The van der Waals surface area contributed by atoms with Crippen molar-refractivity contribution in [3.8, 4) is 11.8 Å². The SMILES string of the molecule is C=C(N)CC(C#Cc1ccccn1)NC(=C)CN(CCC)C(=C)C1(c2ccc(CC(F)(F)F)cc2)CC1. The highest BCUT2D eigenvalue weighted by molar-refractivity contribution is 5.42. The molecule has 1 aliphatic carbocycles. The van der Waals surface area contributed by atoms with Gasteiger partial charge in [0.05, 0.1) is 19.0 Å². The van der Waals surface area contributed by atoms with Gasteiger partial charge in [0.25, 0.3) is 0 Å². The molecule has 1 heterocycles. The second-order valence-corrected chi connectivity index (χ2v) is 9.59. The molecule has 2 aromatic rings. The summed E-state index contributed by atoms with van der Waals surface area (Å²) in [6, 6.07) is 12.1. The van der Waals surface area contributed by atoms with E-state index in [9.17, 15) is 13.2 Å². The summed E-state index contributed by atoms with van der Waals surface area (Å²) in [6.07, 6.45) is -0.250. The molecule has 1 atom stereocenters. The van der Waals surface area contributed by atoms with Crippen molar-refractivity contribution in [3.05, 3.63) is 102 Å². The Labute approximate surface area is 218 Å². The van der Waals surface area contributed by atoms with E-state index >= 15 is 0 Å². The first-order valence-electron chi connectivity index (χ1n) is 12.4. The van der Waals surface area contributed by atoms with Crippen LogP contribution in [0, 0.1) is 11.8 Å². The maximum atomic E-state index is 12.8. The van der Waals surface area contributed by atoms with Gasteiger partial charge in [-0.25, -0.2) is 4.98 Å². The fraction of sp³-hybridized carbons (Fsp3) is 0.367. The van der Waals surface area contributed by atoms with Crippen LogP contribution >= 0.6 is 0 Å². The number of allylic oxidation sites excluding steroid dienone is 1. The summed E-state index contributed by atoms with van der Waals surface area (Å²) in [4.78, 5) is 6.44. The van der Waals surface area contributed by atoms with Crippen molar-refractivity contribution < 1.29 is 13.2 Å². The first-order chi connectivity index (χ1) is 17.5. The Bertz CT molecular complexity index is 1150. The number of alkyl halides is 3. The summed E-state index contributed by atoms with van der Waals surface area (Å²) < 4.78 is 38.3. The molecule has 0 saturated heterocycles. The lowest BCUT2D eigenvalue weighted by atomic mass is 9.90. The van der Waals surface area contributed by atoms with Crippen LogP contribution in [0.3, 0.4) is 0 Å². The maximum Gasteiger partial charge on any atom is 0.393 e. The lowest BCUT2D eigenvalue weighted by Gasteiger charge is -2.33. The quantitative estimate of drug-likeness (QED) is 0.354. The van der Waals surface area contributed by atoms with Crippen LogP contribution in [0.25, 0.3) is 0 Å². The largest absolute Gasteiger partial charge is 0.402 e. The Morgan fingerprint density at radius 3 is 2.41 bits per heavy atom. The molecule has 1 unspecified atom stereocenters. The molecule has 1 fully saturated rings. The molecule has 0 aliphatic heterocycles. The van der Waals surface area contributed by atoms with E-state index in [0.29, 0.717) is 24.4 Å². The molecule has 3 N–H and O–H groups in total. The van der Waals surface area contributed by atoms with Gasteiger partial charge in [-0.3, -0.25) is 0 Å². The molecule has 0 bridgehead atoms. The standard InChI is InChI=1S/C30H35F3N4/c1-5-18-37(21-23(3)36-28(19-22(2)34)14-13-27-8-6-7-17-35-27)24(4)29(15-16-29)26-11-9-25(10-12-26)20-30(31,32)33/h6-12,17,28,36H,2-5,15-16,18-21,34H2,1H3. The predicted octanol–water partition coefficient (Wildman–Crippen LogP) is 5.83. The maximum absolute atomic E-state index is 12.8. The van der Waals surface area contributed by atoms with Crippen LogP contribution in [0.2, 0.25) is 0 Å². The van der Waals surface area contributed by atoms with E-state index in [-0.39, 0.29) is 17.0 Å². The molecule has 4 nitrogen and oxygen atoms in total. The molecule has 0 amide bonds. The molecular weight excluding hydrogens is 473 g/mol. The molecule has 1 aromatic carbocycles. The van der Waals surface area contributed by atoms with Crippen molar-refractivity contribution in [3.63, 3.8) is 0 Å². The Kier molecular flexibility index (Phi) is 9.09. The van der Waals surface area contributed by atoms with E-state index in [2.05, 4.69) is 53.7 Å². The zero-order valence-corrected chi connectivity index (χ0v) is 21.4. The minimum absolute atomic E-state index is 0.254. The van der Waals surface area contributed by atoms with Crippen LogP contribution in [0.15, 0.2) is 85.5 Å². The summed E-state index contributed by atoms with van der Waals surface area (Å²) in [5.41, 5.74) is 9.80. The Morgan fingerprint density at radius 1 is 1.16 bits per heavy atom. The number of benzene rings is 1. The highest BCUT2D eigenvalue weighted by Gasteiger charge is 2.48. The second-order valence-electron chi connectivity index (χ2n) is 9.59. The second kappa shape index (κ2) is 12.1. The van der Waals surface area contributed by atoms with Gasteiger partial charge >= 0.3 is 6.18 Å². The van der Waals surface area contributed by atoms with Crippen LogP contribution < -0.4 is 11.1 Å². The fourth-order valence-electron chi connectivity index (χ4n) is 4.44. The Hall–Kier alpha value is -3.66. The number of halogens is 3. The van der Waals surface area contributed by atoms with Crippen LogP contribution in [0.1, 0.15) is 49.4 Å². The first kappa shape index (κ1) is 27.9. The zero-order valence-electron chi connectivity index (χ0n) is 21.4. The van der Waals surface area contributed by atoms with Gasteiger partial charge in [0.2, 0.25) is 0 Å². The number of nitrogens with two attached hydrogens (primary N) is 1. The molecule has 1 saturated carbocycles. The van der Waals surface area contributed by atoms with Gasteiger partial charge in [-0.1, -0.05) is 62.9 Å². The van der Waals surface area contributed by atoms with Crippen molar-refractivity contribution >= 4 is 0 Å². The van der Waals surface area contributed by atoms with Crippen molar-refractivity contribution in [1.29, 1.82) is 0 Å². The van der Waals surface area contributed by atoms with E-state index in [0.717, 1.165) is 42.8 Å². The predicted molar refractivity (Wildman–Crippen MR) is 143 cm³/mol. The summed E-state index contributed by atoms with van der Waals surface area (Å²) in [7, 11) is 0. The van der Waals surface area contributed by atoms with E-state index in [1.54, 1.807) is 18.3 Å². The van der Waals surface area contributed by atoms with Gasteiger partial charge in [-0.2, -0.15) is 13.2 Å². The molecule has 196 valence electrons. The number of aromatic nitrogens is 1. The molecule has 1 aromatic heterocycles. The van der Waals surface area contributed by atoms with Crippen LogP contribution in [-0.4, -0.2) is 35.2 Å². The molecule has 3 rings (SSSR count). The number of nitrogens with one attached hydrogen (secondary N) is 1. The van der Waals surface area contributed by atoms with Gasteiger partial charge < -0.3 is 16.0 Å². The average molecular weight is 509 g/mol. The van der Waals surface area contributed by atoms with Crippen molar-refractivity contribution in [2.75, 3.05) is 13.1 Å². The highest BCUT2D eigenvalue weighted by Crippen LogP contribution is 2.54. The first-order valence-corrected chi connectivity index (χ1v) is 12.4. The van der Waals surface area contributed by atoms with Crippen LogP contribution in [-0.2, 0) is 11.8 Å². The topological polar surface area (TPSA) is 54.2 Å². The highest BCUT2D eigenvalue weighted by atomic mass is 19.4. The zero-order chi connectivity index (χ0) is 27.1. The fourth-order valence-corrected chi connectivity index (χ4v) is 4.44. The Morgan fingerprint density at radius 2 is 1.86 bits per heavy atom. The molecule has 0 radical (unpaired) electrons. The molecule has 1 aliphatic rings. The molecular formula is C30H35F3N4. The number of rotatable bonds is 12. The lowest BCUT2D eigenvalue weighted by molar-refractivity contribution is -0.127. The number of hydrogen-bond donors (Lipinski definition) is 2. The normalized spacial score (nSPS) is 14.6. The summed E-state index contributed by atoms with van der Waals surface area (Å²) in [6.45, 7) is 15.9. The smallest absolute Gasteiger partial charge is 0.393 e. The summed E-state index contributed by atoms with van der Waals surface area (Å²) in [5.74, 6) is 6.24. The van der Waals surface area contributed by atoms with Crippen LogP contribution in [0.4, 0.5) is 13.2 Å². The van der Waals surface area contributed by atoms with Gasteiger partial charge in [-0.15, -0.1) is 0 Å². The van der Waals surface area contributed by atoms with Gasteiger partial charge in [-0.05, 0) is 48.4 Å². The van der Waals surface area contributed by atoms with Gasteiger partial charge in [0.1, 0.15) is 5.69 Å². The van der Waals surface area contributed by atoms with E-state index < -0.39 is 12.6 Å². The summed E-state index contributed by atoms with van der Waals surface area (Å²) >= 11 is 0. The minimum Gasteiger partial charge on any atom is -0.402 e. The van der Waals surface area contributed by atoms with E-state index in [1.165, 1.54) is 0 Å². The molecule has 37 heavy (non-hydrogen) atoms. The van der Waals surface area contributed by atoms with Crippen molar-refractivity contribution in [1.82, 2.24) is 15.2 Å². The molecule has 7 heteroatoms. The Balaban J connectivity index is 1.70. The number of pyridine rings is 1. The number of hydrogen-bond acceptors (Lipinski definition) is 4. The third-order valence-corrected chi connectivity index (χ3v) is 6.35. The monoisotopic (exact) mass is 508 g/mol. The number of nitrogens with zero attached hydrogens (tertiary/aromatic N) is 2. The van der Waals surface area contributed by atoms with Crippen molar-refractivity contribution in [2.24, 2.45) is 5.73 Å². The lowest BCUT2D eigenvalue weighted by Crippen LogP contribution is -2.37. The summed E-state index contributed by atoms with van der Waals surface area (Å²) in [5, 5.41) is 3.38. The van der Waals surface area contributed by atoms with E-state index in [1.807, 2.05) is 30.3 Å². The van der Waals surface area contributed by atoms with Crippen LogP contribution in [0.5, 0.6) is 0 Å². The minimum atomic E-state index is -4.22.